The van der Waals surface area contributed by atoms with Crippen LogP contribution in [0.1, 0.15) is 12.5 Å². The van der Waals surface area contributed by atoms with Gasteiger partial charge in [-0.3, -0.25) is 19.3 Å². The summed E-state index contributed by atoms with van der Waals surface area (Å²) in [4.78, 5) is 49.2. The first-order valence-corrected chi connectivity index (χ1v) is 11.4. The SMILES string of the molecule is CCOc1cc(/C=C2/SC(=O)N(CC(=O)Nc3ccccc3Cl)C2=O)cc(Cl)c1OCC(=O)O. The maximum Gasteiger partial charge on any atom is 0.341 e. The number of halogens is 2. The number of para-hydroxylation sites is 1. The minimum atomic E-state index is -1.19. The number of anilines is 1. The van der Waals surface area contributed by atoms with Crippen LogP contribution in [-0.4, -0.2) is 52.8 Å². The summed E-state index contributed by atoms with van der Waals surface area (Å²) in [5, 5.41) is 11.2. The Morgan fingerprint density at radius 2 is 1.88 bits per heavy atom. The smallest absolute Gasteiger partial charge is 0.341 e. The predicted octanol–water partition coefficient (Wildman–Crippen LogP) is 4.53. The number of rotatable bonds is 9. The highest BCUT2D eigenvalue weighted by Gasteiger charge is 2.36. The van der Waals surface area contributed by atoms with Gasteiger partial charge in [-0.2, -0.15) is 0 Å². The fraction of sp³-hybridized carbons (Fsp3) is 0.182. The molecule has 9 nitrogen and oxygen atoms in total. The van der Waals surface area contributed by atoms with Crippen LogP contribution in [0.5, 0.6) is 11.5 Å². The van der Waals surface area contributed by atoms with Crippen LogP contribution in [-0.2, 0) is 14.4 Å². The number of hydrogen-bond donors (Lipinski definition) is 2. The molecule has 3 rings (SSSR count). The molecule has 0 bridgehead atoms. The third-order valence-electron chi connectivity index (χ3n) is 4.29. The molecule has 0 aromatic heterocycles. The average molecular weight is 525 g/mol. The van der Waals surface area contributed by atoms with Crippen LogP contribution < -0.4 is 14.8 Å². The second-order valence-electron chi connectivity index (χ2n) is 6.74. The molecule has 1 saturated heterocycles. The van der Waals surface area contributed by atoms with Gasteiger partial charge in [-0.1, -0.05) is 35.3 Å². The normalized spacial score (nSPS) is 14.4. The van der Waals surface area contributed by atoms with E-state index in [1.807, 2.05) is 0 Å². The Labute approximate surface area is 208 Å². The molecule has 2 aromatic rings. The molecular weight excluding hydrogens is 507 g/mol. The minimum Gasteiger partial charge on any atom is -0.490 e. The van der Waals surface area contributed by atoms with E-state index in [0.29, 0.717) is 28.0 Å². The van der Waals surface area contributed by atoms with Crippen molar-refractivity contribution >= 4 is 69.8 Å². The number of nitrogens with zero attached hydrogens (tertiary/aromatic N) is 1. The van der Waals surface area contributed by atoms with E-state index < -0.39 is 36.2 Å². The molecule has 0 spiro atoms. The van der Waals surface area contributed by atoms with Gasteiger partial charge in [0.25, 0.3) is 11.1 Å². The summed E-state index contributed by atoms with van der Waals surface area (Å²) in [7, 11) is 0. The van der Waals surface area contributed by atoms with Crippen LogP contribution >= 0.6 is 35.0 Å². The van der Waals surface area contributed by atoms with Crippen molar-refractivity contribution in [3.05, 3.63) is 56.9 Å². The van der Waals surface area contributed by atoms with Crippen LogP contribution in [0.3, 0.4) is 0 Å². The maximum atomic E-state index is 12.8. The van der Waals surface area contributed by atoms with Crippen molar-refractivity contribution in [2.24, 2.45) is 0 Å². The highest BCUT2D eigenvalue weighted by atomic mass is 35.5. The lowest BCUT2D eigenvalue weighted by atomic mass is 10.1. The fourth-order valence-electron chi connectivity index (χ4n) is 2.89. The quantitative estimate of drug-likeness (QED) is 0.458. The Morgan fingerprint density at radius 3 is 2.56 bits per heavy atom. The van der Waals surface area contributed by atoms with Crippen molar-refractivity contribution in [2.75, 3.05) is 25.1 Å². The second-order valence-corrected chi connectivity index (χ2v) is 8.55. The van der Waals surface area contributed by atoms with Crippen LogP contribution in [0, 0.1) is 0 Å². The van der Waals surface area contributed by atoms with Crippen molar-refractivity contribution in [2.45, 2.75) is 6.92 Å². The van der Waals surface area contributed by atoms with E-state index in [4.69, 9.17) is 37.8 Å². The zero-order chi connectivity index (χ0) is 24.8. The molecular formula is C22H18Cl2N2O7S. The first-order chi connectivity index (χ1) is 16.2. The zero-order valence-corrected chi connectivity index (χ0v) is 20.0. The molecule has 0 saturated carbocycles. The number of carbonyl (C=O) groups excluding carboxylic acids is 3. The largest absolute Gasteiger partial charge is 0.490 e. The van der Waals surface area contributed by atoms with Crippen molar-refractivity contribution in [1.29, 1.82) is 0 Å². The first-order valence-electron chi connectivity index (χ1n) is 9.80. The molecule has 3 amide bonds. The number of carboxylic acids is 1. The van der Waals surface area contributed by atoms with Gasteiger partial charge in [-0.25, -0.2) is 4.79 Å². The number of carboxylic acid groups (broad SMARTS) is 1. The Hall–Kier alpha value is -3.21. The summed E-state index contributed by atoms with van der Waals surface area (Å²) in [6.45, 7) is 0.870. The number of amides is 3. The van der Waals surface area contributed by atoms with Crippen LogP contribution in [0.4, 0.5) is 10.5 Å². The van der Waals surface area contributed by atoms with Crippen molar-refractivity contribution in [3.63, 3.8) is 0 Å². The van der Waals surface area contributed by atoms with Gasteiger partial charge in [0.15, 0.2) is 18.1 Å². The molecule has 0 radical (unpaired) electrons. The Balaban J connectivity index is 1.78. The average Bonchev–Trinajstić information content (AvgIpc) is 3.02. The number of benzene rings is 2. The maximum absolute atomic E-state index is 12.8. The first kappa shape index (κ1) is 25.4. The second kappa shape index (κ2) is 11.3. The molecule has 1 heterocycles. The van der Waals surface area contributed by atoms with Crippen molar-refractivity contribution < 1.29 is 33.8 Å². The minimum absolute atomic E-state index is 0.0485. The van der Waals surface area contributed by atoms with E-state index in [1.54, 1.807) is 31.2 Å². The lowest BCUT2D eigenvalue weighted by Crippen LogP contribution is -2.36. The summed E-state index contributed by atoms with van der Waals surface area (Å²) < 4.78 is 10.7. The van der Waals surface area contributed by atoms with E-state index in [1.165, 1.54) is 18.2 Å². The van der Waals surface area contributed by atoms with Gasteiger partial charge in [-0.05, 0) is 54.6 Å². The molecule has 0 atom stereocenters. The summed E-state index contributed by atoms with van der Waals surface area (Å²) in [5.74, 6) is -2.19. The number of aliphatic carboxylic acids is 1. The van der Waals surface area contributed by atoms with Gasteiger partial charge >= 0.3 is 5.97 Å². The van der Waals surface area contributed by atoms with Crippen molar-refractivity contribution in [3.8, 4) is 11.5 Å². The molecule has 1 fully saturated rings. The molecule has 0 unspecified atom stereocenters. The summed E-state index contributed by atoms with van der Waals surface area (Å²) >= 11 is 12.9. The zero-order valence-electron chi connectivity index (χ0n) is 17.7. The summed E-state index contributed by atoms with van der Waals surface area (Å²) in [5.41, 5.74) is 0.780. The van der Waals surface area contributed by atoms with Gasteiger partial charge in [0, 0.05) is 0 Å². The fourth-order valence-corrected chi connectivity index (χ4v) is 4.19. The highest BCUT2D eigenvalue weighted by molar-refractivity contribution is 8.18. The van der Waals surface area contributed by atoms with Gasteiger partial charge < -0.3 is 19.9 Å². The van der Waals surface area contributed by atoms with E-state index in [-0.39, 0.29) is 28.0 Å². The number of imide groups is 1. The standard InChI is InChI=1S/C22H18Cl2N2O7S/c1-2-32-16-8-12(7-14(24)20(16)33-11-19(28)29)9-17-21(30)26(22(31)34-17)10-18(27)25-15-6-4-3-5-13(15)23/h3-9H,2,10-11H2,1H3,(H,25,27)(H,28,29)/b17-9+. The molecule has 178 valence electrons. The highest BCUT2D eigenvalue weighted by Crippen LogP contribution is 2.39. The van der Waals surface area contributed by atoms with Crippen LogP contribution in [0.2, 0.25) is 10.0 Å². The van der Waals surface area contributed by atoms with Crippen LogP contribution in [0.15, 0.2) is 41.3 Å². The molecule has 34 heavy (non-hydrogen) atoms. The third-order valence-corrected chi connectivity index (χ3v) is 5.81. The molecule has 12 heteroatoms. The number of thioether (sulfide) groups is 1. The summed E-state index contributed by atoms with van der Waals surface area (Å²) in [6.07, 6.45) is 1.42. The van der Waals surface area contributed by atoms with Gasteiger partial charge in [0.05, 0.1) is 27.2 Å². The van der Waals surface area contributed by atoms with E-state index in [0.717, 1.165) is 4.90 Å². The van der Waals surface area contributed by atoms with Gasteiger partial charge in [0.2, 0.25) is 5.91 Å². The number of carbonyl (C=O) groups is 4. The van der Waals surface area contributed by atoms with Gasteiger partial charge in [-0.15, -0.1) is 0 Å². The Bertz CT molecular complexity index is 1190. The van der Waals surface area contributed by atoms with E-state index in [9.17, 15) is 19.2 Å². The van der Waals surface area contributed by atoms with E-state index in [2.05, 4.69) is 5.32 Å². The number of nitrogens with one attached hydrogen (secondary N) is 1. The predicted molar refractivity (Wildman–Crippen MR) is 129 cm³/mol. The molecule has 1 aliphatic heterocycles. The monoisotopic (exact) mass is 524 g/mol. The van der Waals surface area contributed by atoms with Gasteiger partial charge in [0.1, 0.15) is 6.54 Å². The van der Waals surface area contributed by atoms with Crippen LogP contribution in [0.25, 0.3) is 6.08 Å². The Kier molecular flexibility index (Phi) is 8.43. The van der Waals surface area contributed by atoms with E-state index >= 15 is 0 Å². The molecule has 2 N–H and O–H groups in total. The lowest BCUT2D eigenvalue weighted by Gasteiger charge is -2.14. The Morgan fingerprint density at radius 1 is 1.15 bits per heavy atom. The lowest BCUT2D eigenvalue weighted by molar-refractivity contribution is -0.139. The molecule has 0 aliphatic carbocycles. The number of ether oxygens (including phenoxy) is 2. The topological polar surface area (TPSA) is 122 Å². The van der Waals surface area contributed by atoms with Crippen molar-refractivity contribution in [1.82, 2.24) is 4.90 Å². The third kappa shape index (κ3) is 6.22. The summed E-state index contributed by atoms with van der Waals surface area (Å²) in [6, 6.07) is 9.53. The molecule has 1 aliphatic rings. The molecule has 2 aromatic carbocycles. The number of hydrogen-bond acceptors (Lipinski definition) is 7.